The van der Waals surface area contributed by atoms with Crippen molar-refractivity contribution < 1.29 is 14.3 Å². The Labute approximate surface area is 158 Å². The van der Waals surface area contributed by atoms with Gasteiger partial charge in [0.1, 0.15) is 11.3 Å². The molecule has 0 aliphatic heterocycles. The van der Waals surface area contributed by atoms with Crippen molar-refractivity contribution in [2.24, 2.45) is 0 Å². The fraction of sp³-hybridized carbons (Fsp3) is 0.286. The Morgan fingerprint density at radius 2 is 1.85 bits per heavy atom. The topological polar surface area (TPSA) is 66.2 Å². The van der Waals surface area contributed by atoms with Crippen LogP contribution in [0.5, 0.6) is 5.75 Å². The standard InChI is InChI=1S/C21H23N3O3/c1-16(2)20-18(15-23-24(20)19-11-6-7-12-22-19)21(25)27-14-8-13-26-17-9-4-3-5-10-17/h3-7,9-12,15-16H,8,13-14H2,1-2H3. The van der Waals surface area contributed by atoms with Gasteiger partial charge in [-0.2, -0.15) is 5.10 Å². The lowest BCUT2D eigenvalue weighted by Crippen LogP contribution is -2.13. The second-order valence-electron chi connectivity index (χ2n) is 6.35. The van der Waals surface area contributed by atoms with Crippen LogP contribution < -0.4 is 4.74 Å². The summed E-state index contributed by atoms with van der Waals surface area (Å²) in [5.74, 6) is 1.21. The normalized spacial score (nSPS) is 10.8. The van der Waals surface area contributed by atoms with Crippen LogP contribution >= 0.6 is 0 Å². The van der Waals surface area contributed by atoms with Gasteiger partial charge in [0, 0.05) is 12.6 Å². The Morgan fingerprint density at radius 3 is 2.56 bits per heavy atom. The van der Waals surface area contributed by atoms with Crippen molar-refractivity contribution in [2.75, 3.05) is 13.2 Å². The monoisotopic (exact) mass is 365 g/mol. The maximum Gasteiger partial charge on any atom is 0.341 e. The second-order valence-corrected chi connectivity index (χ2v) is 6.35. The van der Waals surface area contributed by atoms with Crippen molar-refractivity contribution >= 4 is 5.97 Å². The molecule has 0 amide bonds. The highest BCUT2D eigenvalue weighted by Crippen LogP contribution is 2.23. The van der Waals surface area contributed by atoms with E-state index in [1.807, 2.05) is 62.4 Å². The molecule has 1 aromatic carbocycles. The van der Waals surface area contributed by atoms with Crippen LogP contribution in [0.1, 0.15) is 42.2 Å². The van der Waals surface area contributed by atoms with Crippen LogP contribution in [-0.4, -0.2) is 33.9 Å². The summed E-state index contributed by atoms with van der Waals surface area (Å²) < 4.78 is 12.7. The first-order valence-corrected chi connectivity index (χ1v) is 9.01. The van der Waals surface area contributed by atoms with Crippen LogP contribution in [0.3, 0.4) is 0 Å². The van der Waals surface area contributed by atoms with E-state index in [-0.39, 0.29) is 18.5 Å². The van der Waals surface area contributed by atoms with Crippen LogP contribution in [0.15, 0.2) is 60.9 Å². The molecule has 27 heavy (non-hydrogen) atoms. The summed E-state index contributed by atoms with van der Waals surface area (Å²) in [5.41, 5.74) is 1.26. The summed E-state index contributed by atoms with van der Waals surface area (Å²) in [6.45, 7) is 4.81. The number of rotatable bonds is 8. The van der Waals surface area contributed by atoms with Gasteiger partial charge in [-0.1, -0.05) is 38.1 Å². The van der Waals surface area contributed by atoms with Crippen LogP contribution in [-0.2, 0) is 4.74 Å². The molecule has 0 aliphatic carbocycles. The smallest absolute Gasteiger partial charge is 0.341 e. The molecule has 0 radical (unpaired) electrons. The van der Waals surface area contributed by atoms with Crippen molar-refractivity contribution in [3.8, 4) is 11.6 Å². The number of carbonyl (C=O) groups is 1. The summed E-state index contributed by atoms with van der Waals surface area (Å²) in [4.78, 5) is 16.8. The number of esters is 1. The fourth-order valence-electron chi connectivity index (χ4n) is 2.74. The number of ether oxygens (including phenoxy) is 2. The Hall–Kier alpha value is -3.15. The first-order chi connectivity index (χ1) is 13.2. The number of aromatic nitrogens is 3. The number of para-hydroxylation sites is 1. The highest BCUT2D eigenvalue weighted by Gasteiger charge is 2.22. The van der Waals surface area contributed by atoms with Crippen LogP contribution in [0.2, 0.25) is 0 Å². The molecular formula is C21H23N3O3. The zero-order valence-electron chi connectivity index (χ0n) is 15.5. The molecule has 2 aromatic heterocycles. The fourth-order valence-corrected chi connectivity index (χ4v) is 2.74. The van der Waals surface area contributed by atoms with Crippen LogP contribution in [0, 0.1) is 0 Å². The van der Waals surface area contributed by atoms with Crippen molar-refractivity contribution in [1.82, 2.24) is 14.8 Å². The number of benzene rings is 1. The summed E-state index contributed by atoms with van der Waals surface area (Å²) in [7, 11) is 0. The van der Waals surface area contributed by atoms with Crippen LogP contribution in [0.4, 0.5) is 0 Å². The third kappa shape index (κ3) is 4.73. The third-order valence-electron chi connectivity index (χ3n) is 3.97. The first kappa shape index (κ1) is 18.6. The molecule has 0 N–H and O–H groups in total. The minimum Gasteiger partial charge on any atom is -0.493 e. The number of hydrogen-bond donors (Lipinski definition) is 0. The summed E-state index contributed by atoms with van der Waals surface area (Å²) in [5, 5.41) is 4.34. The van der Waals surface area contributed by atoms with E-state index < -0.39 is 0 Å². The minimum absolute atomic E-state index is 0.0958. The van der Waals surface area contributed by atoms with Gasteiger partial charge < -0.3 is 9.47 Å². The predicted octanol–water partition coefficient (Wildman–Crippen LogP) is 4.02. The van der Waals surface area contributed by atoms with E-state index in [9.17, 15) is 4.79 Å². The van der Waals surface area contributed by atoms with Crippen LogP contribution in [0.25, 0.3) is 5.82 Å². The zero-order chi connectivity index (χ0) is 19.1. The summed E-state index contributed by atoms with van der Waals surface area (Å²) in [6, 6.07) is 15.2. The van der Waals surface area contributed by atoms with E-state index >= 15 is 0 Å². The molecule has 0 spiro atoms. The van der Waals surface area contributed by atoms with E-state index in [4.69, 9.17) is 9.47 Å². The zero-order valence-corrected chi connectivity index (χ0v) is 15.5. The van der Waals surface area contributed by atoms with Gasteiger partial charge >= 0.3 is 5.97 Å². The maximum absolute atomic E-state index is 12.5. The summed E-state index contributed by atoms with van der Waals surface area (Å²) in [6.07, 6.45) is 3.87. The molecule has 6 heteroatoms. The SMILES string of the molecule is CC(C)c1c(C(=O)OCCCOc2ccccc2)cnn1-c1ccccn1. The third-order valence-corrected chi connectivity index (χ3v) is 3.97. The lowest BCUT2D eigenvalue weighted by Gasteiger charge is -2.12. The maximum atomic E-state index is 12.5. The van der Waals surface area contributed by atoms with Gasteiger partial charge in [0.25, 0.3) is 0 Å². The molecule has 140 valence electrons. The van der Waals surface area contributed by atoms with E-state index in [0.29, 0.717) is 24.4 Å². The lowest BCUT2D eigenvalue weighted by molar-refractivity contribution is 0.0484. The molecule has 0 bridgehead atoms. The molecule has 3 rings (SSSR count). The van der Waals surface area contributed by atoms with E-state index in [1.54, 1.807) is 17.1 Å². The summed E-state index contributed by atoms with van der Waals surface area (Å²) >= 11 is 0. The molecule has 0 atom stereocenters. The van der Waals surface area contributed by atoms with Crippen molar-refractivity contribution in [1.29, 1.82) is 0 Å². The lowest BCUT2D eigenvalue weighted by atomic mass is 10.1. The van der Waals surface area contributed by atoms with Gasteiger partial charge in [0.15, 0.2) is 5.82 Å². The van der Waals surface area contributed by atoms with Crippen molar-refractivity contribution in [3.63, 3.8) is 0 Å². The average Bonchev–Trinajstić information content (AvgIpc) is 3.15. The number of carbonyl (C=O) groups excluding carboxylic acids is 1. The Bertz CT molecular complexity index is 861. The van der Waals surface area contributed by atoms with E-state index in [2.05, 4.69) is 10.1 Å². The first-order valence-electron chi connectivity index (χ1n) is 9.01. The van der Waals surface area contributed by atoms with Gasteiger partial charge in [-0.25, -0.2) is 14.5 Å². The molecule has 0 saturated carbocycles. The molecule has 0 fully saturated rings. The minimum atomic E-state index is -0.374. The molecular weight excluding hydrogens is 342 g/mol. The highest BCUT2D eigenvalue weighted by atomic mass is 16.5. The van der Waals surface area contributed by atoms with Crippen molar-refractivity contribution in [2.45, 2.75) is 26.2 Å². The molecule has 6 nitrogen and oxygen atoms in total. The largest absolute Gasteiger partial charge is 0.493 e. The van der Waals surface area contributed by atoms with Gasteiger partial charge in [-0.05, 0) is 30.2 Å². The average molecular weight is 365 g/mol. The molecule has 0 saturated heterocycles. The van der Waals surface area contributed by atoms with Crippen molar-refractivity contribution in [3.05, 3.63) is 72.2 Å². The quantitative estimate of drug-likeness (QED) is 0.446. The van der Waals surface area contributed by atoms with Gasteiger partial charge in [0.2, 0.25) is 0 Å². The highest BCUT2D eigenvalue weighted by molar-refractivity contribution is 5.90. The molecule has 0 aliphatic rings. The second kappa shape index (κ2) is 8.98. The molecule has 3 aromatic rings. The Balaban J connectivity index is 1.59. The van der Waals surface area contributed by atoms with Gasteiger partial charge in [-0.3, -0.25) is 0 Å². The number of nitrogens with zero attached hydrogens (tertiary/aromatic N) is 3. The number of hydrogen-bond acceptors (Lipinski definition) is 5. The van der Waals surface area contributed by atoms with E-state index in [0.717, 1.165) is 11.4 Å². The predicted molar refractivity (Wildman–Crippen MR) is 102 cm³/mol. The van der Waals surface area contributed by atoms with E-state index in [1.165, 1.54) is 0 Å². The number of pyridine rings is 1. The Kier molecular flexibility index (Phi) is 6.20. The Morgan fingerprint density at radius 1 is 1.07 bits per heavy atom. The molecule has 0 unspecified atom stereocenters. The molecule has 2 heterocycles. The van der Waals surface area contributed by atoms with Gasteiger partial charge in [-0.15, -0.1) is 0 Å². The van der Waals surface area contributed by atoms with Gasteiger partial charge in [0.05, 0.1) is 25.1 Å².